The molecule has 0 spiro atoms. The zero-order valence-corrected chi connectivity index (χ0v) is 13.0. The van der Waals surface area contributed by atoms with Gasteiger partial charge in [-0.1, -0.05) is 19.3 Å². The first-order chi connectivity index (χ1) is 9.79. The van der Waals surface area contributed by atoms with E-state index in [2.05, 4.69) is 41.4 Å². The van der Waals surface area contributed by atoms with Crippen LogP contribution in [-0.4, -0.2) is 43.1 Å². The normalized spacial score (nSPS) is 23.8. The molecule has 3 nitrogen and oxygen atoms in total. The molecule has 1 fully saturated rings. The lowest BCUT2D eigenvalue weighted by atomic mass is 9.94. The third-order valence-corrected chi connectivity index (χ3v) is 4.61. The second-order valence-corrected chi connectivity index (χ2v) is 6.16. The summed E-state index contributed by atoms with van der Waals surface area (Å²) < 4.78 is 0. The molecule has 2 unspecified atom stereocenters. The molecule has 1 aliphatic carbocycles. The Balaban J connectivity index is 1.78. The summed E-state index contributed by atoms with van der Waals surface area (Å²) in [5.74, 6) is 0.810. The van der Waals surface area contributed by atoms with Crippen molar-refractivity contribution in [3.63, 3.8) is 0 Å². The minimum absolute atomic E-state index is 0.709. The second kappa shape index (κ2) is 8.38. The summed E-state index contributed by atoms with van der Waals surface area (Å²) >= 11 is 0. The lowest BCUT2D eigenvalue weighted by molar-refractivity contribution is 0.231. The summed E-state index contributed by atoms with van der Waals surface area (Å²) in [5, 5.41) is 3.54. The van der Waals surface area contributed by atoms with Crippen molar-refractivity contribution in [1.82, 2.24) is 15.2 Å². The topological polar surface area (TPSA) is 28.2 Å². The Morgan fingerprint density at radius 1 is 1.20 bits per heavy atom. The summed E-state index contributed by atoms with van der Waals surface area (Å²) in [4.78, 5) is 6.58. The fourth-order valence-electron chi connectivity index (χ4n) is 3.34. The van der Waals surface area contributed by atoms with Gasteiger partial charge in [-0.3, -0.25) is 4.98 Å². The summed E-state index contributed by atoms with van der Waals surface area (Å²) in [6, 6.07) is 4.95. The van der Waals surface area contributed by atoms with Crippen molar-refractivity contribution in [2.45, 2.75) is 44.6 Å². The van der Waals surface area contributed by atoms with E-state index in [1.807, 2.05) is 12.4 Å². The Morgan fingerprint density at radius 3 is 2.70 bits per heavy atom. The van der Waals surface area contributed by atoms with Gasteiger partial charge in [0, 0.05) is 31.5 Å². The van der Waals surface area contributed by atoms with Crippen molar-refractivity contribution in [3.05, 3.63) is 30.1 Å². The molecule has 0 saturated heterocycles. The number of pyridine rings is 1. The first kappa shape index (κ1) is 15.5. The van der Waals surface area contributed by atoms with Crippen molar-refractivity contribution < 1.29 is 0 Å². The minimum Gasteiger partial charge on any atom is -0.317 e. The molecule has 1 saturated carbocycles. The van der Waals surface area contributed by atoms with Crippen LogP contribution in [0.1, 0.15) is 37.7 Å². The third kappa shape index (κ3) is 4.88. The largest absolute Gasteiger partial charge is 0.317 e. The Morgan fingerprint density at radius 2 is 1.95 bits per heavy atom. The molecule has 20 heavy (non-hydrogen) atoms. The highest BCUT2D eigenvalue weighted by Gasteiger charge is 2.23. The van der Waals surface area contributed by atoms with E-state index >= 15 is 0 Å². The van der Waals surface area contributed by atoms with Crippen LogP contribution in [0.2, 0.25) is 0 Å². The highest BCUT2D eigenvalue weighted by Crippen LogP contribution is 2.24. The summed E-state index contributed by atoms with van der Waals surface area (Å²) in [5.41, 5.74) is 1.39. The van der Waals surface area contributed by atoms with Crippen LogP contribution in [-0.2, 0) is 6.42 Å². The number of hydrogen-bond acceptors (Lipinski definition) is 3. The smallest absolute Gasteiger partial charge is 0.0270 e. The summed E-state index contributed by atoms with van der Waals surface area (Å²) in [7, 11) is 4.39. The van der Waals surface area contributed by atoms with Crippen LogP contribution >= 0.6 is 0 Å². The van der Waals surface area contributed by atoms with Crippen LogP contribution < -0.4 is 5.32 Å². The molecule has 0 aromatic carbocycles. The van der Waals surface area contributed by atoms with E-state index in [0.29, 0.717) is 6.04 Å². The highest BCUT2D eigenvalue weighted by atomic mass is 15.1. The van der Waals surface area contributed by atoms with Gasteiger partial charge in [0.15, 0.2) is 0 Å². The van der Waals surface area contributed by atoms with Crippen molar-refractivity contribution in [2.24, 2.45) is 5.92 Å². The van der Waals surface area contributed by atoms with Crippen LogP contribution in [0, 0.1) is 5.92 Å². The zero-order valence-electron chi connectivity index (χ0n) is 13.0. The molecule has 0 bridgehead atoms. The number of nitrogens with one attached hydrogen (secondary N) is 1. The van der Waals surface area contributed by atoms with Crippen molar-refractivity contribution in [1.29, 1.82) is 0 Å². The molecular weight excluding hydrogens is 246 g/mol. The molecular formula is C17H29N3. The van der Waals surface area contributed by atoms with Gasteiger partial charge in [-0.2, -0.15) is 0 Å². The zero-order chi connectivity index (χ0) is 14.2. The predicted molar refractivity (Wildman–Crippen MR) is 84.9 cm³/mol. The SMILES string of the molecule is CNC1CCCCCC1CN(C)CCc1ccncc1. The Labute approximate surface area is 123 Å². The maximum atomic E-state index is 4.08. The maximum absolute atomic E-state index is 4.08. The number of hydrogen-bond donors (Lipinski definition) is 1. The summed E-state index contributed by atoms with van der Waals surface area (Å²) in [6.45, 7) is 2.35. The van der Waals surface area contributed by atoms with Gasteiger partial charge in [0.05, 0.1) is 0 Å². The van der Waals surface area contributed by atoms with Gasteiger partial charge < -0.3 is 10.2 Å². The average Bonchev–Trinajstić information content (AvgIpc) is 2.71. The van der Waals surface area contributed by atoms with Gasteiger partial charge in [0.1, 0.15) is 0 Å². The van der Waals surface area contributed by atoms with E-state index in [1.54, 1.807) is 0 Å². The average molecular weight is 275 g/mol. The first-order valence-corrected chi connectivity index (χ1v) is 8.04. The van der Waals surface area contributed by atoms with Gasteiger partial charge in [-0.25, -0.2) is 0 Å². The van der Waals surface area contributed by atoms with E-state index in [0.717, 1.165) is 18.9 Å². The van der Waals surface area contributed by atoms with E-state index in [-0.39, 0.29) is 0 Å². The number of likely N-dealkylation sites (N-methyl/N-ethyl adjacent to an activating group) is 1. The van der Waals surface area contributed by atoms with Gasteiger partial charge in [0.2, 0.25) is 0 Å². The quantitative estimate of drug-likeness (QED) is 0.809. The highest BCUT2D eigenvalue weighted by molar-refractivity contribution is 5.09. The number of aromatic nitrogens is 1. The predicted octanol–water partition coefficient (Wildman–Crippen LogP) is 2.72. The lowest BCUT2D eigenvalue weighted by Gasteiger charge is -2.29. The van der Waals surface area contributed by atoms with Crippen molar-refractivity contribution in [3.8, 4) is 0 Å². The van der Waals surface area contributed by atoms with Crippen molar-refractivity contribution >= 4 is 0 Å². The molecule has 3 heteroatoms. The summed E-state index contributed by atoms with van der Waals surface area (Å²) in [6.07, 6.45) is 11.8. The third-order valence-electron chi connectivity index (χ3n) is 4.61. The fourth-order valence-corrected chi connectivity index (χ4v) is 3.34. The van der Waals surface area contributed by atoms with Crippen LogP contribution in [0.3, 0.4) is 0 Å². The maximum Gasteiger partial charge on any atom is 0.0270 e. The molecule has 1 heterocycles. The molecule has 2 atom stereocenters. The van der Waals surface area contributed by atoms with Crippen LogP contribution in [0.5, 0.6) is 0 Å². The second-order valence-electron chi connectivity index (χ2n) is 6.16. The molecule has 2 rings (SSSR count). The van der Waals surface area contributed by atoms with Gasteiger partial charge in [-0.15, -0.1) is 0 Å². The fraction of sp³-hybridized carbons (Fsp3) is 0.706. The van der Waals surface area contributed by atoms with Crippen LogP contribution in [0.4, 0.5) is 0 Å². The molecule has 112 valence electrons. The van der Waals surface area contributed by atoms with Gasteiger partial charge >= 0.3 is 0 Å². The van der Waals surface area contributed by atoms with E-state index in [9.17, 15) is 0 Å². The van der Waals surface area contributed by atoms with Gasteiger partial charge in [-0.05, 0) is 57.0 Å². The number of nitrogens with zero attached hydrogens (tertiary/aromatic N) is 2. The molecule has 0 aliphatic heterocycles. The standard InChI is InChI=1S/C17H29N3/c1-18-17-7-5-3-4-6-16(17)14-20(2)13-10-15-8-11-19-12-9-15/h8-9,11-12,16-18H,3-7,10,13-14H2,1-2H3. The van der Waals surface area contributed by atoms with E-state index in [1.165, 1.54) is 44.2 Å². The molecule has 1 aliphatic rings. The molecule has 1 aromatic heterocycles. The van der Waals surface area contributed by atoms with Gasteiger partial charge in [0.25, 0.3) is 0 Å². The Hall–Kier alpha value is -0.930. The lowest BCUT2D eigenvalue weighted by Crippen LogP contribution is -2.39. The van der Waals surface area contributed by atoms with Crippen LogP contribution in [0.15, 0.2) is 24.5 Å². The molecule has 0 amide bonds. The first-order valence-electron chi connectivity index (χ1n) is 8.04. The minimum atomic E-state index is 0.709. The number of rotatable bonds is 6. The molecule has 1 aromatic rings. The monoisotopic (exact) mass is 275 g/mol. The Bertz CT molecular complexity index is 366. The van der Waals surface area contributed by atoms with Crippen LogP contribution in [0.25, 0.3) is 0 Å². The molecule has 1 N–H and O–H groups in total. The van der Waals surface area contributed by atoms with Crippen molar-refractivity contribution in [2.75, 3.05) is 27.2 Å². The molecule has 0 radical (unpaired) electrons. The Kier molecular flexibility index (Phi) is 6.48. The van der Waals surface area contributed by atoms with E-state index < -0.39 is 0 Å². The van der Waals surface area contributed by atoms with E-state index in [4.69, 9.17) is 0 Å².